The molecule has 0 saturated carbocycles. The fraction of sp³-hybridized carbons (Fsp3) is 0.308. The molecule has 1 atom stereocenters. The van der Waals surface area contributed by atoms with E-state index in [1.165, 1.54) is 7.11 Å². The average molecular weight is 233 g/mol. The third kappa shape index (κ3) is 5.05. The van der Waals surface area contributed by atoms with Crippen LogP contribution in [0.4, 0.5) is 4.79 Å². The summed E-state index contributed by atoms with van der Waals surface area (Å²) in [7, 11) is 1.52. The second-order valence-corrected chi connectivity index (χ2v) is 3.38. The molecule has 17 heavy (non-hydrogen) atoms. The minimum absolute atomic E-state index is 0.219. The van der Waals surface area contributed by atoms with Gasteiger partial charge in [-0.15, -0.1) is 6.42 Å². The van der Waals surface area contributed by atoms with Crippen molar-refractivity contribution >= 4 is 6.09 Å². The van der Waals surface area contributed by atoms with Crippen molar-refractivity contribution in [3.8, 4) is 12.3 Å². The summed E-state index contributed by atoms with van der Waals surface area (Å²) in [5.41, 5.74) is 0.923. The van der Waals surface area contributed by atoms with Crippen molar-refractivity contribution in [3.63, 3.8) is 0 Å². The fourth-order valence-corrected chi connectivity index (χ4v) is 1.21. The lowest BCUT2D eigenvalue weighted by molar-refractivity contribution is 0.127. The van der Waals surface area contributed by atoms with E-state index in [-0.39, 0.29) is 13.2 Å². The molecule has 1 aromatic carbocycles. The lowest BCUT2D eigenvalue weighted by Crippen LogP contribution is -2.37. The minimum Gasteiger partial charge on any atom is -0.445 e. The molecule has 0 spiro atoms. The van der Waals surface area contributed by atoms with Crippen molar-refractivity contribution < 1.29 is 14.3 Å². The molecule has 0 fully saturated rings. The quantitative estimate of drug-likeness (QED) is 0.785. The molecule has 1 aromatic rings. The highest BCUT2D eigenvalue weighted by Crippen LogP contribution is 2.00. The number of benzene rings is 1. The van der Waals surface area contributed by atoms with Gasteiger partial charge in [0.25, 0.3) is 0 Å². The van der Waals surface area contributed by atoms with Gasteiger partial charge in [-0.3, -0.25) is 0 Å². The molecule has 1 N–H and O–H groups in total. The molecule has 0 aromatic heterocycles. The smallest absolute Gasteiger partial charge is 0.408 e. The number of alkyl carbamates (subject to hydrolysis) is 1. The molecule has 0 bridgehead atoms. The summed E-state index contributed by atoms with van der Waals surface area (Å²) >= 11 is 0. The number of carbonyl (C=O) groups is 1. The maximum Gasteiger partial charge on any atom is 0.408 e. The number of hydrogen-bond acceptors (Lipinski definition) is 3. The van der Waals surface area contributed by atoms with E-state index in [1.807, 2.05) is 30.3 Å². The molecule has 4 heteroatoms. The summed E-state index contributed by atoms with van der Waals surface area (Å²) in [6.45, 7) is 0.480. The second-order valence-electron chi connectivity index (χ2n) is 3.38. The third-order valence-electron chi connectivity index (χ3n) is 2.04. The molecular weight excluding hydrogens is 218 g/mol. The summed E-state index contributed by atoms with van der Waals surface area (Å²) in [6.07, 6.45) is 4.67. The van der Waals surface area contributed by atoms with Crippen LogP contribution in [0.15, 0.2) is 30.3 Å². The number of methoxy groups -OCH3 is 1. The Morgan fingerprint density at radius 3 is 2.76 bits per heavy atom. The van der Waals surface area contributed by atoms with E-state index >= 15 is 0 Å². The lowest BCUT2D eigenvalue weighted by atomic mass is 10.2. The lowest BCUT2D eigenvalue weighted by Gasteiger charge is -2.12. The van der Waals surface area contributed by atoms with Gasteiger partial charge in [-0.1, -0.05) is 36.3 Å². The Morgan fingerprint density at radius 1 is 1.47 bits per heavy atom. The standard InChI is InChI=1S/C13H15NO3/c1-3-12(10-16-2)14-13(15)17-9-11-7-5-4-6-8-11/h1,4-8,12H,9-10H2,2H3,(H,14,15). The van der Waals surface area contributed by atoms with Crippen LogP contribution in [0, 0.1) is 12.3 Å². The van der Waals surface area contributed by atoms with Gasteiger partial charge < -0.3 is 14.8 Å². The number of terminal acetylenes is 1. The van der Waals surface area contributed by atoms with Gasteiger partial charge >= 0.3 is 6.09 Å². The van der Waals surface area contributed by atoms with Crippen molar-refractivity contribution in [2.45, 2.75) is 12.6 Å². The van der Waals surface area contributed by atoms with Crippen molar-refractivity contribution in [2.75, 3.05) is 13.7 Å². The zero-order valence-electron chi connectivity index (χ0n) is 9.68. The van der Waals surface area contributed by atoms with Crippen LogP contribution < -0.4 is 5.32 Å². The maximum absolute atomic E-state index is 11.4. The van der Waals surface area contributed by atoms with Crippen LogP contribution in [0.3, 0.4) is 0 Å². The second kappa shape index (κ2) is 7.31. The summed E-state index contributed by atoms with van der Waals surface area (Å²) in [5, 5.41) is 2.52. The van der Waals surface area contributed by atoms with Gasteiger partial charge in [-0.25, -0.2) is 4.79 Å². The zero-order chi connectivity index (χ0) is 12.5. The van der Waals surface area contributed by atoms with Gasteiger partial charge in [-0.05, 0) is 5.56 Å². The predicted molar refractivity (Wildman–Crippen MR) is 64.3 cm³/mol. The van der Waals surface area contributed by atoms with E-state index in [0.717, 1.165) is 5.56 Å². The number of nitrogens with one attached hydrogen (secondary N) is 1. The van der Waals surface area contributed by atoms with Crippen molar-refractivity contribution in [3.05, 3.63) is 35.9 Å². The molecule has 0 saturated heterocycles. The first-order valence-corrected chi connectivity index (χ1v) is 5.18. The Kier molecular flexibility index (Phi) is 5.62. The van der Waals surface area contributed by atoms with Crippen LogP contribution in [0.25, 0.3) is 0 Å². The van der Waals surface area contributed by atoms with Gasteiger partial charge in [0, 0.05) is 7.11 Å². The summed E-state index contributed by atoms with van der Waals surface area (Å²) in [5.74, 6) is 2.40. The molecule has 0 aliphatic rings. The summed E-state index contributed by atoms with van der Waals surface area (Å²) in [4.78, 5) is 11.4. The van der Waals surface area contributed by atoms with E-state index in [0.29, 0.717) is 0 Å². The first kappa shape index (κ1) is 13.1. The van der Waals surface area contributed by atoms with Crippen LogP contribution in [-0.2, 0) is 16.1 Å². The SMILES string of the molecule is C#CC(COC)NC(=O)OCc1ccccc1. The monoisotopic (exact) mass is 233 g/mol. The Labute approximate surface area is 101 Å². The number of rotatable bonds is 5. The molecule has 0 aliphatic carbocycles. The molecule has 1 rings (SSSR count). The molecule has 1 unspecified atom stereocenters. The van der Waals surface area contributed by atoms with Crippen LogP contribution in [0.2, 0.25) is 0 Å². The first-order valence-electron chi connectivity index (χ1n) is 5.18. The maximum atomic E-state index is 11.4. The van der Waals surface area contributed by atoms with Gasteiger partial charge in [0.1, 0.15) is 12.6 Å². The predicted octanol–water partition coefficient (Wildman–Crippen LogP) is 1.56. The molecule has 4 nitrogen and oxygen atoms in total. The highest BCUT2D eigenvalue weighted by atomic mass is 16.5. The van der Waals surface area contributed by atoms with Crippen LogP contribution in [-0.4, -0.2) is 25.9 Å². The van der Waals surface area contributed by atoms with Gasteiger partial charge in [-0.2, -0.15) is 0 Å². The minimum atomic E-state index is -0.547. The summed E-state index contributed by atoms with van der Waals surface area (Å²) in [6, 6.07) is 8.94. The van der Waals surface area contributed by atoms with E-state index < -0.39 is 12.1 Å². The van der Waals surface area contributed by atoms with Gasteiger partial charge in [0.2, 0.25) is 0 Å². The first-order chi connectivity index (χ1) is 8.26. The largest absolute Gasteiger partial charge is 0.445 e. The molecular formula is C13H15NO3. The zero-order valence-corrected chi connectivity index (χ0v) is 9.68. The molecule has 0 radical (unpaired) electrons. The highest BCUT2D eigenvalue weighted by molar-refractivity contribution is 5.68. The normalized spacial score (nSPS) is 11.3. The molecule has 0 heterocycles. The van der Waals surface area contributed by atoms with E-state index in [1.54, 1.807) is 0 Å². The van der Waals surface area contributed by atoms with Crippen molar-refractivity contribution in [2.24, 2.45) is 0 Å². The Bertz CT molecular complexity index is 383. The Balaban J connectivity index is 2.33. The topological polar surface area (TPSA) is 47.6 Å². The number of carbonyl (C=O) groups excluding carboxylic acids is 1. The van der Waals surface area contributed by atoms with Gasteiger partial charge in [0.05, 0.1) is 6.61 Å². The highest BCUT2D eigenvalue weighted by Gasteiger charge is 2.09. The van der Waals surface area contributed by atoms with E-state index in [9.17, 15) is 4.79 Å². The Morgan fingerprint density at radius 2 is 2.18 bits per heavy atom. The van der Waals surface area contributed by atoms with E-state index in [4.69, 9.17) is 15.9 Å². The van der Waals surface area contributed by atoms with Crippen molar-refractivity contribution in [1.82, 2.24) is 5.32 Å². The van der Waals surface area contributed by atoms with Crippen LogP contribution >= 0.6 is 0 Å². The fourth-order valence-electron chi connectivity index (χ4n) is 1.21. The number of amides is 1. The van der Waals surface area contributed by atoms with E-state index in [2.05, 4.69) is 11.2 Å². The number of hydrogen-bond donors (Lipinski definition) is 1. The van der Waals surface area contributed by atoms with Crippen molar-refractivity contribution in [1.29, 1.82) is 0 Å². The average Bonchev–Trinajstić information content (AvgIpc) is 2.37. The molecule has 0 aliphatic heterocycles. The molecule has 1 amide bonds. The molecule has 90 valence electrons. The number of ether oxygens (including phenoxy) is 2. The third-order valence-corrected chi connectivity index (χ3v) is 2.04. The Hall–Kier alpha value is -1.99. The van der Waals surface area contributed by atoms with Crippen LogP contribution in [0.5, 0.6) is 0 Å². The van der Waals surface area contributed by atoms with Gasteiger partial charge in [0.15, 0.2) is 0 Å². The summed E-state index contributed by atoms with van der Waals surface area (Å²) < 4.78 is 9.85. The van der Waals surface area contributed by atoms with Crippen LogP contribution in [0.1, 0.15) is 5.56 Å².